The number of rotatable bonds is 8. The second kappa shape index (κ2) is 10.2. The first-order valence-corrected chi connectivity index (χ1v) is 9.96. The zero-order valence-corrected chi connectivity index (χ0v) is 17.9. The lowest BCUT2D eigenvalue weighted by molar-refractivity contribution is -0.141. The van der Waals surface area contributed by atoms with Gasteiger partial charge in [-0.25, -0.2) is 9.40 Å². The van der Waals surface area contributed by atoms with E-state index in [1.807, 2.05) is 24.3 Å². The van der Waals surface area contributed by atoms with Crippen molar-refractivity contribution in [1.82, 2.24) is 9.91 Å². The van der Waals surface area contributed by atoms with E-state index in [1.54, 1.807) is 26.4 Å². The lowest BCUT2D eigenvalue weighted by atomic mass is 9.98. The van der Waals surface area contributed by atoms with Crippen LogP contribution in [0.4, 0.5) is 4.39 Å². The van der Waals surface area contributed by atoms with Gasteiger partial charge in [-0.1, -0.05) is 24.3 Å². The quantitative estimate of drug-likeness (QED) is 0.649. The molecule has 0 unspecified atom stereocenters. The van der Waals surface area contributed by atoms with Gasteiger partial charge in [-0.3, -0.25) is 9.59 Å². The number of amides is 2. The monoisotopic (exact) mass is 427 g/mol. The third-order valence-corrected chi connectivity index (χ3v) is 5.18. The van der Waals surface area contributed by atoms with E-state index in [9.17, 15) is 14.0 Å². The van der Waals surface area contributed by atoms with E-state index < -0.39 is 0 Å². The number of benzene rings is 2. The van der Waals surface area contributed by atoms with E-state index >= 15 is 0 Å². The minimum absolute atomic E-state index is 0.106. The van der Waals surface area contributed by atoms with Crippen molar-refractivity contribution in [2.24, 2.45) is 5.10 Å². The van der Waals surface area contributed by atoms with Crippen molar-refractivity contribution >= 4 is 17.5 Å². The van der Waals surface area contributed by atoms with Crippen LogP contribution in [0.2, 0.25) is 0 Å². The van der Waals surface area contributed by atoms with E-state index in [1.165, 1.54) is 29.0 Å². The molecule has 7 nitrogen and oxygen atoms in total. The number of methoxy groups -OCH3 is 2. The Balaban J connectivity index is 1.88. The van der Waals surface area contributed by atoms with Crippen LogP contribution in [0.1, 0.15) is 30.5 Å². The number of hydrogen-bond donors (Lipinski definition) is 0. The molecule has 3 rings (SSSR count). The molecule has 0 aromatic heterocycles. The molecule has 31 heavy (non-hydrogen) atoms. The van der Waals surface area contributed by atoms with Gasteiger partial charge in [0.25, 0.3) is 5.91 Å². The van der Waals surface area contributed by atoms with Gasteiger partial charge in [0.1, 0.15) is 18.1 Å². The summed E-state index contributed by atoms with van der Waals surface area (Å²) in [6.07, 6.45) is 0.474. The van der Waals surface area contributed by atoms with E-state index in [2.05, 4.69) is 5.10 Å². The van der Waals surface area contributed by atoms with E-state index in [-0.39, 0.29) is 30.2 Å². The molecule has 8 heteroatoms. The summed E-state index contributed by atoms with van der Waals surface area (Å²) in [5.41, 5.74) is 2.32. The summed E-state index contributed by atoms with van der Waals surface area (Å²) in [5, 5.41) is 5.98. The van der Waals surface area contributed by atoms with Crippen LogP contribution in [0.25, 0.3) is 0 Å². The summed E-state index contributed by atoms with van der Waals surface area (Å²) in [4.78, 5) is 26.5. The van der Waals surface area contributed by atoms with Crippen molar-refractivity contribution in [3.8, 4) is 5.75 Å². The summed E-state index contributed by atoms with van der Waals surface area (Å²) >= 11 is 0. The van der Waals surface area contributed by atoms with Crippen LogP contribution in [0.15, 0.2) is 53.6 Å². The van der Waals surface area contributed by atoms with E-state index in [4.69, 9.17) is 9.47 Å². The average molecular weight is 427 g/mol. The van der Waals surface area contributed by atoms with Crippen LogP contribution in [0.5, 0.6) is 5.75 Å². The van der Waals surface area contributed by atoms with Crippen LogP contribution in [-0.2, 0) is 14.3 Å². The van der Waals surface area contributed by atoms with Gasteiger partial charge in [0.2, 0.25) is 5.91 Å². The van der Waals surface area contributed by atoms with Crippen molar-refractivity contribution in [3.63, 3.8) is 0 Å². The molecule has 0 radical (unpaired) electrons. The Labute approximate surface area is 181 Å². The number of ether oxygens (including phenoxy) is 2. The minimum Gasteiger partial charge on any atom is -0.497 e. The SMILES string of the molecule is COCCN(CC(=O)N1N=C(c2ccc(F)cc2)C[C@@H]1c1ccc(OC)cc1)C(C)=O. The highest BCUT2D eigenvalue weighted by atomic mass is 19.1. The number of halogens is 1. The fourth-order valence-corrected chi connectivity index (χ4v) is 3.43. The largest absolute Gasteiger partial charge is 0.497 e. The van der Waals surface area contributed by atoms with Gasteiger partial charge in [-0.2, -0.15) is 5.10 Å². The maximum atomic E-state index is 13.3. The van der Waals surface area contributed by atoms with Crippen LogP contribution < -0.4 is 4.74 Å². The first kappa shape index (κ1) is 22.4. The molecule has 0 aliphatic carbocycles. The van der Waals surface area contributed by atoms with E-state index in [0.717, 1.165) is 11.1 Å². The first-order chi connectivity index (χ1) is 14.9. The summed E-state index contributed by atoms with van der Waals surface area (Å²) in [7, 11) is 3.13. The summed E-state index contributed by atoms with van der Waals surface area (Å²) in [5.74, 6) is -0.142. The Morgan fingerprint density at radius 2 is 1.81 bits per heavy atom. The molecule has 0 bridgehead atoms. The van der Waals surface area contributed by atoms with Crippen molar-refractivity contribution < 1.29 is 23.5 Å². The third kappa shape index (κ3) is 5.46. The van der Waals surface area contributed by atoms with Gasteiger partial charge in [0, 0.05) is 27.0 Å². The van der Waals surface area contributed by atoms with Gasteiger partial charge >= 0.3 is 0 Å². The maximum absolute atomic E-state index is 13.3. The smallest absolute Gasteiger partial charge is 0.262 e. The summed E-state index contributed by atoms with van der Waals surface area (Å²) in [6, 6.07) is 13.1. The van der Waals surface area contributed by atoms with Gasteiger partial charge < -0.3 is 14.4 Å². The molecule has 0 N–H and O–H groups in total. The predicted octanol–water partition coefficient (Wildman–Crippen LogP) is 3.01. The molecule has 1 atom stereocenters. The molecule has 1 aliphatic rings. The lowest BCUT2D eigenvalue weighted by Crippen LogP contribution is -2.41. The Morgan fingerprint density at radius 1 is 1.13 bits per heavy atom. The molecule has 0 spiro atoms. The highest BCUT2D eigenvalue weighted by Crippen LogP contribution is 2.33. The molecule has 2 aromatic rings. The summed E-state index contributed by atoms with van der Waals surface area (Å²) < 4.78 is 23.6. The van der Waals surface area contributed by atoms with Crippen molar-refractivity contribution in [3.05, 3.63) is 65.5 Å². The number of carbonyl (C=O) groups excluding carboxylic acids is 2. The van der Waals surface area contributed by atoms with Crippen molar-refractivity contribution in [2.45, 2.75) is 19.4 Å². The van der Waals surface area contributed by atoms with Gasteiger partial charge in [0.15, 0.2) is 0 Å². The van der Waals surface area contributed by atoms with Crippen LogP contribution >= 0.6 is 0 Å². The molecular formula is C23H26FN3O4. The fourth-order valence-electron chi connectivity index (χ4n) is 3.43. The van der Waals surface area contributed by atoms with Crippen LogP contribution in [-0.4, -0.2) is 61.4 Å². The Bertz CT molecular complexity index is 944. The lowest BCUT2D eigenvalue weighted by Gasteiger charge is -2.26. The van der Waals surface area contributed by atoms with Gasteiger partial charge in [-0.05, 0) is 35.4 Å². The van der Waals surface area contributed by atoms with E-state index in [0.29, 0.717) is 31.0 Å². The Morgan fingerprint density at radius 3 is 2.39 bits per heavy atom. The van der Waals surface area contributed by atoms with Crippen molar-refractivity contribution in [1.29, 1.82) is 0 Å². The highest BCUT2D eigenvalue weighted by Gasteiger charge is 2.34. The molecule has 2 amide bonds. The average Bonchev–Trinajstić information content (AvgIpc) is 3.22. The fraction of sp³-hybridized carbons (Fsp3) is 0.348. The zero-order chi connectivity index (χ0) is 22.4. The predicted molar refractivity (Wildman–Crippen MR) is 114 cm³/mol. The van der Waals surface area contributed by atoms with Gasteiger partial charge in [-0.15, -0.1) is 0 Å². The molecule has 0 fully saturated rings. The Kier molecular flexibility index (Phi) is 7.36. The number of hydrogen-bond acceptors (Lipinski definition) is 5. The molecule has 0 saturated carbocycles. The molecule has 1 aliphatic heterocycles. The molecule has 0 saturated heterocycles. The Hall–Kier alpha value is -3.26. The highest BCUT2D eigenvalue weighted by molar-refractivity contribution is 6.03. The molecule has 1 heterocycles. The number of hydrazone groups is 1. The second-order valence-corrected chi connectivity index (χ2v) is 7.22. The number of carbonyl (C=O) groups is 2. The topological polar surface area (TPSA) is 71.4 Å². The van der Waals surface area contributed by atoms with Crippen LogP contribution in [0.3, 0.4) is 0 Å². The first-order valence-electron chi connectivity index (χ1n) is 9.96. The van der Waals surface area contributed by atoms with Gasteiger partial charge in [0.05, 0.1) is 25.5 Å². The number of nitrogens with zero attached hydrogens (tertiary/aromatic N) is 3. The summed E-state index contributed by atoms with van der Waals surface area (Å²) in [6.45, 7) is 1.96. The molecule has 2 aromatic carbocycles. The third-order valence-electron chi connectivity index (χ3n) is 5.18. The van der Waals surface area contributed by atoms with Crippen LogP contribution in [0, 0.1) is 5.82 Å². The zero-order valence-electron chi connectivity index (χ0n) is 17.9. The maximum Gasteiger partial charge on any atom is 0.262 e. The normalized spacial score (nSPS) is 15.5. The molecular weight excluding hydrogens is 401 g/mol. The standard InChI is InChI=1S/C23H26FN3O4/c1-16(28)26(12-13-30-2)15-23(29)27-22(18-6-10-20(31-3)11-7-18)14-21(25-27)17-4-8-19(24)9-5-17/h4-11,22H,12-15H2,1-3H3/t22-/m1/s1. The molecule has 164 valence electrons. The second-order valence-electron chi connectivity index (χ2n) is 7.22. The minimum atomic E-state index is -0.338. The van der Waals surface area contributed by atoms with Crippen molar-refractivity contribution in [2.75, 3.05) is 33.9 Å².